The van der Waals surface area contributed by atoms with Gasteiger partial charge in [0.15, 0.2) is 0 Å². The largest absolute Gasteiger partial charge is 0.573 e. The highest BCUT2D eigenvalue weighted by Gasteiger charge is 2.32. The fourth-order valence-corrected chi connectivity index (χ4v) is 1.72. The van der Waals surface area contributed by atoms with E-state index in [1.54, 1.807) is 6.07 Å². The zero-order valence-corrected chi connectivity index (χ0v) is 10.4. The second kappa shape index (κ2) is 5.28. The first-order valence-corrected chi connectivity index (χ1v) is 5.56. The van der Waals surface area contributed by atoms with Gasteiger partial charge in [-0.2, -0.15) is 4.98 Å². The van der Waals surface area contributed by atoms with E-state index in [1.165, 1.54) is 37.4 Å². The van der Waals surface area contributed by atoms with Crippen molar-refractivity contribution in [2.45, 2.75) is 6.36 Å². The predicted molar refractivity (Wildman–Crippen MR) is 67.3 cm³/mol. The van der Waals surface area contributed by atoms with Crippen LogP contribution in [0.4, 0.5) is 19.0 Å². The Balaban J connectivity index is 2.53. The lowest BCUT2D eigenvalue weighted by molar-refractivity contribution is -0.274. The van der Waals surface area contributed by atoms with Crippen LogP contribution in [0.1, 0.15) is 0 Å². The summed E-state index contributed by atoms with van der Waals surface area (Å²) in [6.45, 7) is 0. The van der Waals surface area contributed by atoms with Gasteiger partial charge >= 0.3 is 6.36 Å². The monoisotopic (exact) mass is 284 g/mol. The molecule has 0 atom stereocenters. The average Bonchev–Trinajstić information content (AvgIpc) is 2.38. The maximum Gasteiger partial charge on any atom is 0.573 e. The van der Waals surface area contributed by atoms with E-state index in [0.29, 0.717) is 5.56 Å². The van der Waals surface area contributed by atoms with Crippen LogP contribution in [0.2, 0.25) is 0 Å². The third-order valence-corrected chi connectivity index (χ3v) is 2.48. The molecule has 0 saturated carbocycles. The third-order valence-electron chi connectivity index (χ3n) is 2.48. The molecule has 2 rings (SSSR count). The minimum Gasteiger partial charge on any atom is -0.480 e. The molecule has 106 valence electrons. The van der Waals surface area contributed by atoms with Crippen molar-refractivity contribution >= 4 is 5.82 Å². The van der Waals surface area contributed by atoms with Gasteiger partial charge in [-0.3, -0.25) is 0 Å². The predicted octanol–water partition coefficient (Wildman–Crippen LogP) is 3.24. The van der Waals surface area contributed by atoms with Crippen LogP contribution in [0.15, 0.2) is 36.4 Å². The van der Waals surface area contributed by atoms with Crippen molar-refractivity contribution in [3.8, 4) is 22.8 Å². The maximum absolute atomic E-state index is 12.4. The highest BCUT2D eigenvalue weighted by Crippen LogP contribution is 2.37. The van der Waals surface area contributed by atoms with E-state index in [1.807, 2.05) is 0 Å². The lowest BCUT2D eigenvalue weighted by Crippen LogP contribution is -2.17. The van der Waals surface area contributed by atoms with Crippen LogP contribution in [-0.2, 0) is 0 Å². The molecule has 0 aliphatic heterocycles. The second-order valence-electron chi connectivity index (χ2n) is 3.84. The number of para-hydroxylation sites is 1. The SMILES string of the molecule is COc1nc(N)ccc1-c1ccccc1OC(F)(F)F. The van der Waals surface area contributed by atoms with Crippen molar-refractivity contribution in [3.05, 3.63) is 36.4 Å². The van der Waals surface area contributed by atoms with E-state index >= 15 is 0 Å². The molecule has 1 aromatic heterocycles. The van der Waals surface area contributed by atoms with E-state index in [4.69, 9.17) is 10.5 Å². The number of nitrogen functional groups attached to an aromatic ring is 1. The topological polar surface area (TPSA) is 57.4 Å². The number of pyridine rings is 1. The van der Waals surface area contributed by atoms with Gasteiger partial charge in [0.2, 0.25) is 5.88 Å². The normalized spacial score (nSPS) is 11.2. The molecule has 2 N–H and O–H groups in total. The summed E-state index contributed by atoms with van der Waals surface area (Å²) in [7, 11) is 1.36. The Kier molecular flexibility index (Phi) is 3.69. The standard InChI is InChI=1S/C13H11F3N2O2/c1-19-12-9(6-7-11(17)18-12)8-4-2-3-5-10(8)20-13(14,15)16/h2-7H,1H3,(H2,17,18). The number of benzene rings is 1. The molecule has 1 heterocycles. The number of alkyl halides is 3. The molecule has 0 aliphatic carbocycles. The number of methoxy groups -OCH3 is 1. The Hall–Kier alpha value is -2.44. The molecule has 0 bridgehead atoms. The molecular weight excluding hydrogens is 273 g/mol. The quantitative estimate of drug-likeness (QED) is 0.940. The number of nitrogens with two attached hydrogens (primary N) is 1. The summed E-state index contributed by atoms with van der Waals surface area (Å²) in [6.07, 6.45) is -4.77. The molecule has 0 fully saturated rings. The van der Waals surface area contributed by atoms with Gasteiger partial charge in [-0.1, -0.05) is 18.2 Å². The minimum absolute atomic E-state index is 0.128. The second-order valence-corrected chi connectivity index (χ2v) is 3.84. The number of halogens is 3. The summed E-state index contributed by atoms with van der Waals surface area (Å²) in [4.78, 5) is 3.92. The minimum atomic E-state index is -4.77. The van der Waals surface area contributed by atoms with Crippen LogP contribution in [0.25, 0.3) is 11.1 Å². The van der Waals surface area contributed by atoms with Gasteiger partial charge in [0.1, 0.15) is 11.6 Å². The summed E-state index contributed by atoms with van der Waals surface area (Å²) in [6, 6.07) is 8.74. The first-order chi connectivity index (χ1) is 9.40. The number of hydrogen-bond donors (Lipinski definition) is 1. The zero-order valence-electron chi connectivity index (χ0n) is 10.4. The van der Waals surface area contributed by atoms with Crippen LogP contribution in [-0.4, -0.2) is 18.5 Å². The molecule has 0 saturated heterocycles. The van der Waals surface area contributed by atoms with Crippen LogP contribution >= 0.6 is 0 Å². The number of nitrogens with zero attached hydrogens (tertiary/aromatic N) is 1. The van der Waals surface area contributed by atoms with Gasteiger partial charge in [-0.25, -0.2) is 0 Å². The van der Waals surface area contributed by atoms with E-state index < -0.39 is 6.36 Å². The maximum atomic E-state index is 12.4. The van der Waals surface area contributed by atoms with Gasteiger partial charge in [0.05, 0.1) is 7.11 Å². The van der Waals surface area contributed by atoms with E-state index in [0.717, 1.165) is 0 Å². The van der Waals surface area contributed by atoms with Crippen LogP contribution in [0, 0.1) is 0 Å². The summed E-state index contributed by atoms with van der Waals surface area (Å²) in [5.74, 6) is 0.00733. The number of ether oxygens (including phenoxy) is 2. The third kappa shape index (κ3) is 3.11. The summed E-state index contributed by atoms with van der Waals surface area (Å²) < 4.78 is 46.2. The van der Waals surface area contributed by atoms with E-state index in [-0.39, 0.29) is 23.0 Å². The molecule has 0 radical (unpaired) electrons. The summed E-state index contributed by atoms with van der Waals surface area (Å²) >= 11 is 0. The summed E-state index contributed by atoms with van der Waals surface area (Å²) in [5, 5.41) is 0. The highest BCUT2D eigenvalue weighted by atomic mass is 19.4. The molecule has 0 amide bonds. The van der Waals surface area contributed by atoms with Gasteiger partial charge in [0.25, 0.3) is 0 Å². The van der Waals surface area contributed by atoms with E-state index in [2.05, 4.69) is 9.72 Å². The first kappa shape index (κ1) is 14.0. The van der Waals surface area contributed by atoms with Gasteiger partial charge in [-0.15, -0.1) is 13.2 Å². The molecule has 20 heavy (non-hydrogen) atoms. The summed E-state index contributed by atoms with van der Waals surface area (Å²) in [5.41, 5.74) is 6.10. The molecule has 4 nitrogen and oxygen atoms in total. The highest BCUT2D eigenvalue weighted by molar-refractivity contribution is 5.75. The number of anilines is 1. The molecule has 1 aromatic carbocycles. The Morgan fingerprint density at radius 1 is 1.05 bits per heavy atom. The van der Waals surface area contributed by atoms with E-state index in [9.17, 15) is 13.2 Å². The van der Waals surface area contributed by atoms with Crippen molar-refractivity contribution < 1.29 is 22.6 Å². The molecule has 0 spiro atoms. The van der Waals surface area contributed by atoms with Crippen LogP contribution in [0.3, 0.4) is 0 Å². The van der Waals surface area contributed by atoms with Crippen molar-refractivity contribution in [1.29, 1.82) is 0 Å². The van der Waals surface area contributed by atoms with Gasteiger partial charge < -0.3 is 15.2 Å². The Labute approximate surface area is 113 Å². The Bertz CT molecular complexity index is 615. The van der Waals surface area contributed by atoms with Gasteiger partial charge in [0, 0.05) is 11.1 Å². The average molecular weight is 284 g/mol. The number of rotatable bonds is 3. The van der Waals surface area contributed by atoms with Crippen molar-refractivity contribution in [1.82, 2.24) is 4.98 Å². The fourth-order valence-electron chi connectivity index (χ4n) is 1.72. The fraction of sp³-hybridized carbons (Fsp3) is 0.154. The number of aromatic nitrogens is 1. The van der Waals surface area contributed by atoms with Crippen LogP contribution < -0.4 is 15.2 Å². The molecule has 2 aromatic rings. The molecular formula is C13H11F3N2O2. The zero-order chi connectivity index (χ0) is 14.8. The first-order valence-electron chi connectivity index (χ1n) is 5.56. The van der Waals surface area contributed by atoms with Crippen molar-refractivity contribution in [2.75, 3.05) is 12.8 Å². The lowest BCUT2D eigenvalue weighted by atomic mass is 10.1. The Morgan fingerprint density at radius 3 is 2.40 bits per heavy atom. The molecule has 0 aliphatic rings. The lowest BCUT2D eigenvalue weighted by Gasteiger charge is -2.14. The van der Waals surface area contributed by atoms with Crippen molar-refractivity contribution in [3.63, 3.8) is 0 Å². The molecule has 7 heteroatoms. The number of hydrogen-bond acceptors (Lipinski definition) is 4. The van der Waals surface area contributed by atoms with Gasteiger partial charge in [-0.05, 0) is 18.2 Å². The van der Waals surface area contributed by atoms with Crippen LogP contribution in [0.5, 0.6) is 11.6 Å². The Morgan fingerprint density at radius 2 is 1.75 bits per heavy atom. The van der Waals surface area contributed by atoms with Crippen molar-refractivity contribution in [2.24, 2.45) is 0 Å². The molecule has 0 unspecified atom stereocenters. The smallest absolute Gasteiger partial charge is 0.480 e.